The van der Waals surface area contributed by atoms with Crippen LogP contribution in [0.2, 0.25) is 0 Å². The van der Waals surface area contributed by atoms with Crippen molar-refractivity contribution in [2.24, 2.45) is 0 Å². The lowest BCUT2D eigenvalue weighted by molar-refractivity contribution is 0.398. The number of benzene rings is 1. The highest BCUT2D eigenvalue weighted by atomic mass is 16.5. The Morgan fingerprint density at radius 2 is 2.11 bits per heavy atom. The molecule has 3 heteroatoms. The first-order valence-electron chi connectivity index (χ1n) is 6.68. The van der Waals surface area contributed by atoms with E-state index < -0.39 is 0 Å². The zero-order valence-electron chi connectivity index (χ0n) is 11.1. The van der Waals surface area contributed by atoms with E-state index in [-0.39, 0.29) is 0 Å². The van der Waals surface area contributed by atoms with Gasteiger partial charge in [0.25, 0.3) is 0 Å². The van der Waals surface area contributed by atoms with Crippen molar-refractivity contribution in [1.82, 2.24) is 10.3 Å². The zero-order valence-corrected chi connectivity index (χ0v) is 11.1. The predicted octanol–water partition coefficient (Wildman–Crippen LogP) is 3.01. The molecular weight excluding hydrogens is 236 g/mol. The van der Waals surface area contributed by atoms with E-state index in [1.165, 1.54) is 24.0 Å². The number of hydrogen-bond acceptors (Lipinski definition) is 3. The molecule has 1 saturated carbocycles. The van der Waals surface area contributed by atoms with Crippen molar-refractivity contribution in [3.8, 4) is 17.0 Å². The molecule has 0 amide bonds. The van der Waals surface area contributed by atoms with E-state index in [1.54, 1.807) is 13.3 Å². The number of pyridine rings is 1. The number of aromatic nitrogens is 1. The predicted molar refractivity (Wildman–Crippen MR) is 76.1 cm³/mol. The molecule has 3 rings (SSSR count). The monoisotopic (exact) mass is 254 g/mol. The Hall–Kier alpha value is -1.87. The number of hydrogen-bond donors (Lipinski definition) is 1. The lowest BCUT2D eigenvalue weighted by Crippen LogP contribution is -2.15. The minimum atomic E-state index is 0.655. The van der Waals surface area contributed by atoms with Crippen molar-refractivity contribution >= 4 is 0 Å². The molecule has 1 heterocycles. The van der Waals surface area contributed by atoms with Gasteiger partial charge in [0.2, 0.25) is 5.88 Å². The summed E-state index contributed by atoms with van der Waals surface area (Å²) in [5, 5.41) is 3.56. The van der Waals surface area contributed by atoms with Crippen LogP contribution in [0.1, 0.15) is 18.4 Å². The first-order chi connectivity index (χ1) is 9.36. The molecule has 1 aliphatic rings. The third-order valence-electron chi connectivity index (χ3n) is 3.43. The van der Waals surface area contributed by atoms with Crippen LogP contribution in [0.4, 0.5) is 0 Å². The van der Waals surface area contributed by atoms with Gasteiger partial charge in [-0.3, -0.25) is 0 Å². The zero-order chi connectivity index (χ0) is 13.1. The van der Waals surface area contributed by atoms with Crippen LogP contribution in [0, 0.1) is 0 Å². The first-order valence-corrected chi connectivity index (χ1v) is 6.68. The number of nitrogens with one attached hydrogen (secondary N) is 1. The maximum absolute atomic E-state index is 5.20. The first kappa shape index (κ1) is 12.2. The summed E-state index contributed by atoms with van der Waals surface area (Å²) in [6.07, 6.45) is 4.41. The minimum Gasteiger partial charge on any atom is -0.481 e. The van der Waals surface area contributed by atoms with Crippen molar-refractivity contribution < 1.29 is 4.74 Å². The van der Waals surface area contributed by atoms with Gasteiger partial charge in [-0.15, -0.1) is 0 Å². The minimum absolute atomic E-state index is 0.655. The third kappa shape index (κ3) is 2.93. The Kier molecular flexibility index (Phi) is 3.47. The average molecular weight is 254 g/mol. The molecule has 0 saturated heterocycles. The van der Waals surface area contributed by atoms with E-state index in [9.17, 15) is 0 Å². The second kappa shape index (κ2) is 5.41. The van der Waals surface area contributed by atoms with E-state index in [2.05, 4.69) is 34.6 Å². The Labute approximate surface area is 113 Å². The van der Waals surface area contributed by atoms with Gasteiger partial charge in [0.15, 0.2) is 0 Å². The highest BCUT2D eigenvalue weighted by Crippen LogP contribution is 2.27. The molecule has 1 aliphatic carbocycles. The normalized spacial score (nSPS) is 14.4. The molecule has 1 fully saturated rings. The average Bonchev–Trinajstić information content (AvgIpc) is 3.30. The lowest BCUT2D eigenvalue weighted by Gasteiger charge is -2.11. The van der Waals surface area contributed by atoms with E-state index in [0.717, 1.165) is 18.2 Å². The second-order valence-corrected chi connectivity index (χ2v) is 4.90. The number of nitrogens with zero attached hydrogens (tertiary/aromatic N) is 1. The molecule has 0 radical (unpaired) electrons. The van der Waals surface area contributed by atoms with Crippen LogP contribution >= 0.6 is 0 Å². The lowest BCUT2D eigenvalue weighted by atomic mass is 10.0. The van der Waals surface area contributed by atoms with Crippen LogP contribution in [0.15, 0.2) is 42.6 Å². The number of methoxy groups -OCH3 is 1. The summed E-state index contributed by atoms with van der Waals surface area (Å²) in [6.45, 7) is 0.922. The van der Waals surface area contributed by atoms with Gasteiger partial charge in [0, 0.05) is 24.8 Å². The maximum atomic E-state index is 5.20. The summed E-state index contributed by atoms with van der Waals surface area (Å²) < 4.78 is 5.20. The Bertz CT molecular complexity index is 564. The summed E-state index contributed by atoms with van der Waals surface area (Å²) in [6, 6.07) is 13.2. The molecule has 0 atom stereocenters. The Balaban J connectivity index is 1.88. The summed E-state index contributed by atoms with van der Waals surface area (Å²) in [4.78, 5) is 4.16. The molecule has 98 valence electrons. The summed E-state index contributed by atoms with van der Waals surface area (Å²) in [5.74, 6) is 0.655. The molecule has 0 unspecified atom stereocenters. The summed E-state index contributed by atoms with van der Waals surface area (Å²) in [5.41, 5.74) is 3.72. The standard InChI is InChI=1S/C16H18N2O/c1-19-16-10-12(8-9-17-16)15-5-3-2-4-13(15)11-18-14-6-7-14/h2-5,8-10,14,18H,6-7,11H2,1H3. The fraction of sp³-hybridized carbons (Fsp3) is 0.312. The molecule has 0 aliphatic heterocycles. The van der Waals surface area contributed by atoms with Gasteiger partial charge >= 0.3 is 0 Å². The second-order valence-electron chi connectivity index (χ2n) is 4.90. The Morgan fingerprint density at radius 1 is 1.26 bits per heavy atom. The number of rotatable bonds is 5. The van der Waals surface area contributed by atoms with Gasteiger partial charge in [-0.1, -0.05) is 24.3 Å². The molecule has 1 aromatic heterocycles. The number of ether oxygens (including phenoxy) is 1. The van der Waals surface area contributed by atoms with Gasteiger partial charge in [-0.25, -0.2) is 4.98 Å². The highest BCUT2D eigenvalue weighted by Gasteiger charge is 2.20. The quantitative estimate of drug-likeness (QED) is 0.890. The smallest absolute Gasteiger partial charge is 0.213 e. The van der Waals surface area contributed by atoms with Crippen LogP contribution in [-0.2, 0) is 6.54 Å². The maximum Gasteiger partial charge on any atom is 0.213 e. The van der Waals surface area contributed by atoms with Gasteiger partial charge in [-0.05, 0) is 35.6 Å². The van der Waals surface area contributed by atoms with Crippen molar-refractivity contribution in [2.75, 3.05) is 7.11 Å². The summed E-state index contributed by atoms with van der Waals surface area (Å²) in [7, 11) is 1.65. The van der Waals surface area contributed by atoms with Gasteiger partial charge in [0.1, 0.15) is 0 Å². The molecule has 19 heavy (non-hydrogen) atoms. The highest BCUT2D eigenvalue weighted by molar-refractivity contribution is 5.67. The fourth-order valence-electron chi connectivity index (χ4n) is 2.19. The van der Waals surface area contributed by atoms with Crippen LogP contribution in [-0.4, -0.2) is 18.1 Å². The topological polar surface area (TPSA) is 34.1 Å². The van der Waals surface area contributed by atoms with E-state index in [0.29, 0.717) is 5.88 Å². The van der Waals surface area contributed by atoms with E-state index >= 15 is 0 Å². The third-order valence-corrected chi connectivity index (χ3v) is 3.43. The van der Waals surface area contributed by atoms with Crippen molar-refractivity contribution in [3.63, 3.8) is 0 Å². The van der Waals surface area contributed by atoms with Gasteiger partial charge in [0.05, 0.1) is 7.11 Å². The van der Waals surface area contributed by atoms with Crippen molar-refractivity contribution in [2.45, 2.75) is 25.4 Å². The van der Waals surface area contributed by atoms with Crippen molar-refractivity contribution in [3.05, 3.63) is 48.2 Å². The SMILES string of the molecule is COc1cc(-c2ccccc2CNC2CC2)ccn1. The van der Waals surface area contributed by atoms with Gasteiger partial charge in [-0.2, -0.15) is 0 Å². The van der Waals surface area contributed by atoms with Crippen LogP contribution in [0.25, 0.3) is 11.1 Å². The van der Waals surface area contributed by atoms with Crippen LogP contribution < -0.4 is 10.1 Å². The van der Waals surface area contributed by atoms with Crippen molar-refractivity contribution in [1.29, 1.82) is 0 Å². The molecule has 1 N–H and O–H groups in total. The van der Waals surface area contributed by atoms with E-state index in [4.69, 9.17) is 4.74 Å². The van der Waals surface area contributed by atoms with Crippen LogP contribution in [0.3, 0.4) is 0 Å². The van der Waals surface area contributed by atoms with Crippen LogP contribution in [0.5, 0.6) is 5.88 Å². The molecule has 3 nitrogen and oxygen atoms in total. The molecule has 2 aromatic rings. The Morgan fingerprint density at radius 3 is 2.89 bits per heavy atom. The van der Waals surface area contributed by atoms with E-state index in [1.807, 2.05) is 12.1 Å². The largest absolute Gasteiger partial charge is 0.481 e. The molecule has 1 aromatic carbocycles. The summed E-state index contributed by atoms with van der Waals surface area (Å²) >= 11 is 0. The fourth-order valence-corrected chi connectivity index (χ4v) is 2.19. The molecule has 0 spiro atoms. The molecule has 0 bridgehead atoms. The molecular formula is C16H18N2O. The van der Waals surface area contributed by atoms with Gasteiger partial charge < -0.3 is 10.1 Å².